The number of carboxylic acids is 1. The van der Waals surface area contributed by atoms with E-state index in [9.17, 15) is 9.90 Å². The Morgan fingerprint density at radius 1 is 1.35 bits per heavy atom. The third-order valence-corrected chi connectivity index (χ3v) is 5.05. The van der Waals surface area contributed by atoms with Gasteiger partial charge in [0, 0.05) is 29.8 Å². The van der Waals surface area contributed by atoms with Gasteiger partial charge in [0.2, 0.25) is 0 Å². The normalized spacial score (nSPS) is 21.5. The molecule has 4 nitrogen and oxygen atoms in total. The Bertz CT molecular complexity index is 702. The molecule has 0 saturated carbocycles. The lowest BCUT2D eigenvalue weighted by atomic mass is 9.97. The van der Waals surface area contributed by atoms with E-state index in [1.165, 1.54) is 5.56 Å². The first-order valence-electron chi connectivity index (χ1n) is 7.71. The van der Waals surface area contributed by atoms with Crippen LogP contribution in [-0.4, -0.2) is 33.5 Å². The van der Waals surface area contributed by atoms with E-state index in [1.807, 2.05) is 0 Å². The summed E-state index contributed by atoms with van der Waals surface area (Å²) in [6, 6.07) is 12.2. The van der Waals surface area contributed by atoms with E-state index in [0.717, 1.165) is 17.4 Å². The smallest absolute Gasteiger partial charge is 0.337 e. The van der Waals surface area contributed by atoms with Gasteiger partial charge in [0.15, 0.2) is 0 Å². The summed E-state index contributed by atoms with van der Waals surface area (Å²) < 4.78 is 1.09. The van der Waals surface area contributed by atoms with Crippen molar-refractivity contribution < 1.29 is 9.90 Å². The molecule has 2 atom stereocenters. The molecule has 1 N–H and O–H groups in total. The molecule has 23 heavy (non-hydrogen) atoms. The fourth-order valence-corrected chi connectivity index (χ4v) is 3.51. The summed E-state index contributed by atoms with van der Waals surface area (Å²) in [4.78, 5) is 17.9. The summed E-state index contributed by atoms with van der Waals surface area (Å²) in [5.74, 6) is -0.431. The second kappa shape index (κ2) is 6.81. The fraction of sp³-hybridized carbons (Fsp3) is 0.333. The Hall–Kier alpha value is -1.72. The predicted octanol–water partition coefficient (Wildman–Crippen LogP) is 3.92. The minimum atomic E-state index is -0.913. The van der Waals surface area contributed by atoms with Crippen LogP contribution in [0.25, 0.3) is 0 Å². The summed E-state index contributed by atoms with van der Waals surface area (Å²) in [5, 5.41) is 9.30. The van der Waals surface area contributed by atoms with E-state index in [0.29, 0.717) is 29.8 Å². The van der Waals surface area contributed by atoms with Crippen molar-refractivity contribution in [1.82, 2.24) is 9.88 Å². The number of carbonyl (C=O) groups is 1. The van der Waals surface area contributed by atoms with Crippen molar-refractivity contribution in [2.45, 2.75) is 31.8 Å². The van der Waals surface area contributed by atoms with Crippen LogP contribution in [0.15, 0.2) is 47.1 Å². The molecule has 2 heterocycles. The lowest BCUT2D eigenvalue weighted by Crippen LogP contribution is -2.28. The molecule has 1 fully saturated rings. The molecule has 3 rings (SSSR count). The minimum absolute atomic E-state index is 0.298. The molecule has 0 spiro atoms. The monoisotopic (exact) mass is 374 g/mol. The maximum absolute atomic E-state index is 11.3. The zero-order chi connectivity index (χ0) is 16.4. The molecule has 1 aliphatic rings. The highest BCUT2D eigenvalue weighted by Crippen LogP contribution is 2.33. The molecular weight excluding hydrogens is 356 g/mol. The number of benzene rings is 1. The zero-order valence-electron chi connectivity index (χ0n) is 12.9. The van der Waals surface area contributed by atoms with E-state index >= 15 is 0 Å². The Labute approximate surface area is 144 Å². The van der Waals surface area contributed by atoms with Gasteiger partial charge in [-0.15, -0.1) is 0 Å². The van der Waals surface area contributed by atoms with Crippen molar-refractivity contribution >= 4 is 21.9 Å². The van der Waals surface area contributed by atoms with Gasteiger partial charge in [0.25, 0.3) is 0 Å². The third kappa shape index (κ3) is 3.62. The molecule has 0 amide bonds. The van der Waals surface area contributed by atoms with Gasteiger partial charge in [-0.2, -0.15) is 0 Å². The van der Waals surface area contributed by atoms with Gasteiger partial charge in [0.1, 0.15) is 0 Å². The second-order valence-electron chi connectivity index (χ2n) is 6.07. The van der Waals surface area contributed by atoms with E-state index in [2.05, 4.69) is 57.0 Å². The van der Waals surface area contributed by atoms with E-state index < -0.39 is 5.97 Å². The highest BCUT2D eigenvalue weighted by atomic mass is 79.9. The van der Waals surface area contributed by atoms with Gasteiger partial charge < -0.3 is 5.11 Å². The molecule has 120 valence electrons. The third-order valence-electron chi connectivity index (χ3n) is 4.52. The number of pyridine rings is 1. The lowest BCUT2D eigenvalue weighted by molar-refractivity contribution is 0.0693. The number of aromatic nitrogens is 1. The van der Waals surface area contributed by atoms with E-state index in [1.54, 1.807) is 18.3 Å². The Kier molecular flexibility index (Phi) is 4.78. The van der Waals surface area contributed by atoms with E-state index in [4.69, 9.17) is 0 Å². The van der Waals surface area contributed by atoms with Crippen molar-refractivity contribution in [3.05, 3.63) is 63.9 Å². The lowest BCUT2D eigenvalue weighted by Gasteiger charge is -2.21. The quantitative estimate of drug-likeness (QED) is 0.880. The van der Waals surface area contributed by atoms with Gasteiger partial charge in [0.05, 0.1) is 11.3 Å². The minimum Gasteiger partial charge on any atom is -0.478 e. The van der Waals surface area contributed by atoms with Crippen LogP contribution in [0.4, 0.5) is 0 Å². The second-order valence-corrected chi connectivity index (χ2v) is 6.98. The first kappa shape index (κ1) is 16.1. The fourth-order valence-electron chi connectivity index (χ4n) is 3.25. The number of hydrogen-bond acceptors (Lipinski definition) is 3. The number of aromatic carboxylic acids is 1. The Morgan fingerprint density at radius 3 is 2.78 bits per heavy atom. The van der Waals surface area contributed by atoms with Gasteiger partial charge in [-0.05, 0) is 49.1 Å². The molecule has 1 saturated heterocycles. The standard InChI is InChI=1S/C18H19BrN2O2/c1-12-9-14(13-4-6-15(19)7-5-13)10-21(12)11-17-16(18(22)23)3-2-8-20-17/h2-8,12,14H,9-11H2,1H3,(H,22,23). The average molecular weight is 375 g/mol. The van der Waals surface area contributed by atoms with Gasteiger partial charge in [-0.1, -0.05) is 28.1 Å². The Morgan fingerprint density at radius 2 is 2.09 bits per heavy atom. The summed E-state index contributed by atoms with van der Waals surface area (Å²) in [7, 11) is 0. The van der Waals surface area contributed by atoms with Crippen LogP contribution in [0.1, 0.15) is 40.9 Å². The molecule has 1 aromatic carbocycles. The molecule has 0 aliphatic carbocycles. The largest absolute Gasteiger partial charge is 0.478 e. The summed E-state index contributed by atoms with van der Waals surface area (Å²) in [6.07, 6.45) is 2.74. The average Bonchev–Trinajstić information content (AvgIpc) is 2.89. The summed E-state index contributed by atoms with van der Waals surface area (Å²) >= 11 is 3.47. The number of rotatable bonds is 4. The molecule has 5 heteroatoms. The first-order valence-corrected chi connectivity index (χ1v) is 8.50. The summed E-state index contributed by atoms with van der Waals surface area (Å²) in [6.45, 7) is 3.71. The number of likely N-dealkylation sites (tertiary alicyclic amines) is 1. The zero-order valence-corrected chi connectivity index (χ0v) is 14.5. The van der Waals surface area contributed by atoms with Crippen molar-refractivity contribution in [2.75, 3.05) is 6.54 Å². The highest BCUT2D eigenvalue weighted by Gasteiger charge is 2.30. The van der Waals surface area contributed by atoms with Crippen molar-refractivity contribution in [1.29, 1.82) is 0 Å². The molecule has 2 unspecified atom stereocenters. The van der Waals surface area contributed by atoms with Crippen LogP contribution in [0, 0.1) is 0 Å². The number of hydrogen-bond donors (Lipinski definition) is 1. The number of carboxylic acid groups (broad SMARTS) is 1. The first-order chi connectivity index (χ1) is 11.0. The predicted molar refractivity (Wildman–Crippen MR) is 92.6 cm³/mol. The van der Waals surface area contributed by atoms with Crippen LogP contribution in [0.3, 0.4) is 0 Å². The molecule has 0 bridgehead atoms. The molecule has 1 aliphatic heterocycles. The maximum atomic E-state index is 11.3. The molecular formula is C18H19BrN2O2. The topological polar surface area (TPSA) is 53.4 Å². The maximum Gasteiger partial charge on any atom is 0.337 e. The molecule has 1 aromatic heterocycles. The van der Waals surface area contributed by atoms with Crippen LogP contribution < -0.4 is 0 Å². The van der Waals surface area contributed by atoms with Gasteiger partial charge in [-0.3, -0.25) is 9.88 Å². The van der Waals surface area contributed by atoms with Crippen LogP contribution in [-0.2, 0) is 6.54 Å². The van der Waals surface area contributed by atoms with Crippen LogP contribution >= 0.6 is 15.9 Å². The van der Waals surface area contributed by atoms with Gasteiger partial charge in [-0.25, -0.2) is 4.79 Å². The number of nitrogens with zero attached hydrogens (tertiary/aromatic N) is 2. The Balaban J connectivity index is 1.75. The molecule has 0 radical (unpaired) electrons. The van der Waals surface area contributed by atoms with Crippen molar-refractivity contribution in [3.63, 3.8) is 0 Å². The van der Waals surface area contributed by atoms with E-state index in [-0.39, 0.29) is 0 Å². The van der Waals surface area contributed by atoms with Crippen LogP contribution in [0.2, 0.25) is 0 Å². The summed E-state index contributed by atoms with van der Waals surface area (Å²) in [5.41, 5.74) is 2.28. The van der Waals surface area contributed by atoms with Crippen molar-refractivity contribution in [3.8, 4) is 0 Å². The SMILES string of the molecule is CC1CC(c2ccc(Br)cc2)CN1Cc1ncccc1C(=O)O. The van der Waals surface area contributed by atoms with Gasteiger partial charge >= 0.3 is 5.97 Å². The number of halogens is 1. The highest BCUT2D eigenvalue weighted by molar-refractivity contribution is 9.10. The molecule has 2 aromatic rings. The van der Waals surface area contributed by atoms with Crippen molar-refractivity contribution in [2.24, 2.45) is 0 Å². The van der Waals surface area contributed by atoms with Crippen LogP contribution in [0.5, 0.6) is 0 Å².